The Morgan fingerprint density at radius 1 is 1.07 bits per heavy atom. The third kappa shape index (κ3) is 7.80. The third-order valence-corrected chi connectivity index (χ3v) is 2.72. The van der Waals surface area contributed by atoms with E-state index in [2.05, 4.69) is 44.8 Å². The summed E-state index contributed by atoms with van der Waals surface area (Å²) in [5.41, 5.74) is 0. The Hall–Kier alpha value is -0.0800. The molecule has 1 unspecified atom stereocenters. The number of hydrogen-bond donors (Lipinski definition) is 1. The van der Waals surface area contributed by atoms with Gasteiger partial charge in [0, 0.05) is 19.1 Å². The first-order valence-electron chi connectivity index (χ1n) is 6.59. The lowest BCUT2D eigenvalue weighted by molar-refractivity contribution is 0.225. The second-order valence-electron chi connectivity index (χ2n) is 4.81. The van der Waals surface area contributed by atoms with Crippen molar-refractivity contribution in [1.29, 1.82) is 0 Å². The van der Waals surface area contributed by atoms with Crippen LogP contribution in [-0.4, -0.2) is 37.1 Å². The molecular formula is C13H30N2. The van der Waals surface area contributed by atoms with E-state index in [1.54, 1.807) is 0 Å². The highest BCUT2D eigenvalue weighted by Gasteiger charge is 2.11. The molecular weight excluding hydrogens is 184 g/mol. The fourth-order valence-electron chi connectivity index (χ4n) is 1.85. The molecule has 0 aromatic rings. The zero-order valence-corrected chi connectivity index (χ0v) is 11.3. The lowest BCUT2D eigenvalue weighted by atomic mass is 10.1. The SMILES string of the molecule is CCCNC(CC)CN(CC)CC(C)C. The van der Waals surface area contributed by atoms with Crippen LogP contribution in [0.15, 0.2) is 0 Å². The molecule has 92 valence electrons. The largest absolute Gasteiger partial charge is 0.313 e. The van der Waals surface area contributed by atoms with Gasteiger partial charge in [0.2, 0.25) is 0 Å². The lowest BCUT2D eigenvalue weighted by Gasteiger charge is -2.27. The molecule has 0 heterocycles. The van der Waals surface area contributed by atoms with E-state index in [0.29, 0.717) is 6.04 Å². The molecule has 2 heteroatoms. The standard InChI is InChI=1S/C13H30N2/c1-6-9-14-13(7-2)11-15(8-3)10-12(4)5/h12-14H,6-11H2,1-5H3. The molecule has 0 spiro atoms. The summed E-state index contributed by atoms with van der Waals surface area (Å²) < 4.78 is 0. The van der Waals surface area contributed by atoms with Gasteiger partial charge >= 0.3 is 0 Å². The maximum atomic E-state index is 3.62. The molecule has 0 aromatic heterocycles. The molecule has 1 N–H and O–H groups in total. The topological polar surface area (TPSA) is 15.3 Å². The maximum absolute atomic E-state index is 3.62. The van der Waals surface area contributed by atoms with Gasteiger partial charge in [0.25, 0.3) is 0 Å². The van der Waals surface area contributed by atoms with Crippen LogP contribution in [0, 0.1) is 5.92 Å². The lowest BCUT2D eigenvalue weighted by Crippen LogP contribution is -2.42. The molecule has 0 bridgehead atoms. The molecule has 2 nitrogen and oxygen atoms in total. The summed E-state index contributed by atoms with van der Waals surface area (Å²) in [5, 5.41) is 3.62. The van der Waals surface area contributed by atoms with Gasteiger partial charge < -0.3 is 10.2 Å². The van der Waals surface area contributed by atoms with Crippen LogP contribution in [0.2, 0.25) is 0 Å². The second kappa shape index (κ2) is 9.17. The monoisotopic (exact) mass is 214 g/mol. The quantitative estimate of drug-likeness (QED) is 0.635. The minimum atomic E-state index is 0.670. The van der Waals surface area contributed by atoms with Crippen molar-refractivity contribution in [3.05, 3.63) is 0 Å². The zero-order chi connectivity index (χ0) is 11.7. The van der Waals surface area contributed by atoms with Gasteiger partial charge in [0.1, 0.15) is 0 Å². The van der Waals surface area contributed by atoms with E-state index in [4.69, 9.17) is 0 Å². The molecule has 0 aliphatic rings. The van der Waals surface area contributed by atoms with Crippen LogP contribution in [-0.2, 0) is 0 Å². The maximum Gasteiger partial charge on any atom is 0.0192 e. The van der Waals surface area contributed by atoms with Gasteiger partial charge in [-0.05, 0) is 31.8 Å². The number of rotatable bonds is 9. The van der Waals surface area contributed by atoms with Crippen molar-refractivity contribution in [1.82, 2.24) is 10.2 Å². The van der Waals surface area contributed by atoms with Crippen molar-refractivity contribution < 1.29 is 0 Å². The van der Waals surface area contributed by atoms with E-state index in [1.807, 2.05) is 0 Å². The molecule has 0 aliphatic heterocycles. The van der Waals surface area contributed by atoms with Crippen molar-refractivity contribution in [3.8, 4) is 0 Å². The summed E-state index contributed by atoms with van der Waals surface area (Å²) in [6.07, 6.45) is 2.46. The number of likely N-dealkylation sites (N-methyl/N-ethyl adjacent to an activating group) is 1. The number of hydrogen-bond acceptors (Lipinski definition) is 2. The van der Waals surface area contributed by atoms with Gasteiger partial charge in [-0.15, -0.1) is 0 Å². The van der Waals surface area contributed by atoms with Crippen LogP contribution in [0.1, 0.15) is 47.5 Å². The van der Waals surface area contributed by atoms with E-state index in [-0.39, 0.29) is 0 Å². The van der Waals surface area contributed by atoms with Crippen LogP contribution < -0.4 is 5.32 Å². The van der Waals surface area contributed by atoms with E-state index in [0.717, 1.165) is 12.5 Å². The summed E-state index contributed by atoms with van der Waals surface area (Å²) in [4.78, 5) is 2.56. The van der Waals surface area contributed by atoms with Crippen LogP contribution in [0.3, 0.4) is 0 Å². The molecule has 0 saturated heterocycles. The first kappa shape index (κ1) is 14.9. The molecule has 0 saturated carbocycles. The molecule has 0 fully saturated rings. The highest BCUT2D eigenvalue weighted by molar-refractivity contribution is 4.70. The first-order chi connectivity index (χ1) is 7.13. The predicted octanol–water partition coefficient (Wildman–Crippen LogP) is 2.74. The summed E-state index contributed by atoms with van der Waals surface area (Å²) in [5.74, 6) is 0.772. The minimum Gasteiger partial charge on any atom is -0.313 e. The van der Waals surface area contributed by atoms with Gasteiger partial charge in [-0.25, -0.2) is 0 Å². The van der Waals surface area contributed by atoms with Crippen LogP contribution in [0.4, 0.5) is 0 Å². The zero-order valence-electron chi connectivity index (χ0n) is 11.3. The predicted molar refractivity (Wildman–Crippen MR) is 69.3 cm³/mol. The van der Waals surface area contributed by atoms with Crippen molar-refractivity contribution in [2.45, 2.75) is 53.5 Å². The molecule has 0 amide bonds. The van der Waals surface area contributed by atoms with E-state index < -0.39 is 0 Å². The van der Waals surface area contributed by atoms with Crippen molar-refractivity contribution in [2.75, 3.05) is 26.2 Å². The van der Waals surface area contributed by atoms with Crippen LogP contribution in [0.5, 0.6) is 0 Å². The van der Waals surface area contributed by atoms with Gasteiger partial charge in [-0.2, -0.15) is 0 Å². The highest BCUT2D eigenvalue weighted by Crippen LogP contribution is 2.02. The van der Waals surface area contributed by atoms with Crippen LogP contribution >= 0.6 is 0 Å². The Bertz CT molecular complexity index is 134. The normalized spacial score (nSPS) is 13.8. The molecule has 0 rings (SSSR count). The molecule has 0 aliphatic carbocycles. The molecule has 0 radical (unpaired) electrons. The third-order valence-electron chi connectivity index (χ3n) is 2.72. The van der Waals surface area contributed by atoms with E-state index >= 15 is 0 Å². The van der Waals surface area contributed by atoms with Crippen molar-refractivity contribution >= 4 is 0 Å². The summed E-state index contributed by atoms with van der Waals surface area (Å²) in [7, 11) is 0. The Morgan fingerprint density at radius 3 is 2.13 bits per heavy atom. The number of nitrogens with one attached hydrogen (secondary N) is 1. The second-order valence-corrected chi connectivity index (χ2v) is 4.81. The number of nitrogens with zero attached hydrogens (tertiary/aromatic N) is 1. The summed E-state index contributed by atoms with van der Waals surface area (Å²) >= 11 is 0. The Labute approximate surface area is 96.4 Å². The Kier molecular flexibility index (Phi) is 9.12. The van der Waals surface area contributed by atoms with Crippen molar-refractivity contribution in [2.24, 2.45) is 5.92 Å². The molecule has 1 atom stereocenters. The van der Waals surface area contributed by atoms with Crippen molar-refractivity contribution in [3.63, 3.8) is 0 Å². The smallest absolute Gasteiger partial charge is 0.0192 e. The minimum absolute atomic E-state index is 0.670. The summed E-state index contributed by atoms with van der Waals surface area (Å²) in [6.45, 7) is 16.1. The molecule has 15 heavy (non-hydrogen) atoms. The summed E-state index contributed by atoms with van der Waals surface area (Å²) in [6, 6.07) is 0.670. The van der Waals surface area contributed by atoms with Gasteiger partial charge in [-0.3, -0.25) is 0 Å². The molecule has 0 aromatic carbocycles. The Morgan fingerprint density at radius 2 is 1.73 bits per heavy atom. The van der Waals surface area contributed by atoms with E-state index in [1.165, 1.54) is 32.5 Å². The van der Waals surface area contributed by atoms with E-state index in [9.17, 15) is 0 Å². The average Bonchev–Trinajstić information content (AvgIpc) is 2.21. The van der Waals surface area contributed by atoms with Gasteiger partial charge in [0.05, 0.1) is 0 Å². The van der Waals surface area contributed by atoms with Gasteiger partial charge in [0.15, 0.2) is 0 Å². The fraction of sp³-hybridized carbons (Fsp3) is 1.00. The average molecular weight is 214 g/mol. The first-order valence-corrected chi connectivity index (χ1v) is 6.59. The fourth-order valence-corrected chi connectivity index (χ4v) is 1.85. The Balaban J connectivity index is 3.88. The van der Waals surface area contributed by atoms with Gasteiger partial charge in [-0.1, -0.05) is 34.6 Å². The highest BCUT2D eigenvalue weighted by atomic mass is 15.1. The van der Waals surface area contributed by atoms with Crippen LogP contribution in [0.25, 0.3) is 0 Å².